The van der Waals surface area contributed by atoms with E-state index >= 15 is 0 Å². The van der Waals surface area contributed by atoms with Gasteiger partial charge >= 0.3 is 5.97 Å². The first-order valence-corrected chi connectivity index (χ1v) is 12.1. The summed E-state index contributed by atoms with van der Waals surface area (Å²) in [6, 6.07) is 9.18. The number of allylic oxidation sites excluding steroid dienone is 1. The lowest BCUT2D eigenvalue weighted by Crippen LogP contribution is -2.38. The summed E-state index contributed by atoms with van der Waals surface area (Å²) in [6.07, 6.45) is 11.1. The van der Waals surface area contributed by atoms with Crippen LogP contribution in [0, 0.1) is 6.92 Å². The number of carboxylic acid groups (broad SMARTS) is 1. The number of pyridine rings is 1. The molecule has 3 aromatic rings. The van der Waals surface area contributed by atoms with Crippen molar-refractivity contribution in [1.29, 1.82) is 0 Å². The molecule has 0 aliphatic heterocycles. The first-order valence-electron chi connectivity index (χ1n) is 12.1. The van der Waals surface area contributed by atoms with E-state index in [9.17, 15) is 9.59 Å². The van der Waals surface area contributed by atoms with Gasteiger partial charge in [0.2, 0.25) is 0 Å². The van der Waals surface area contributed by atoms with Gasteiger partial charge in [-0.3, -0.25) is 14.6 Å². The third kappa shape index (κ3) is 4.22. The number of aliphatic carboxylic acids is 1. The topological polar surface area (TPSA) is 97.1 Å². The van der Waals surface area contributed by atoms with E-state index in [0.717, 1.165) is 47.5 Å². The number of hydrogen-bond donors (Lipinski definition) is 2. The number of aryl methyl sites for hydroxylation is 1. The number of carboxylic acids is 1. The molecule has 0 radical (unpaired) electrons. The number of nitrogens with zero attached hydrogens (tertiary/aromatic N) is 3. The molecule has 176 valence electrons. The molecule has 0 spiro atoms. The van der Waals surface area contributed by atoms with Gasteiger partial charge in [0, 0.05) is 23.2 Å². The average Bonchev–Trinajstić information content (AvgIpc) is 3.23. The molecule has 2 aliphatic rings. The van der Waals surface area contributed by atoms with Crippen LogP contribution in [0.3, 0.4) is 0 Å². The third-order valence-electron chi connectivity index (χ3n) is 7.05. The maximum atomic E-state index is 12.6. The molecular weight excluding hydrogens is 428 g/mol. The summed E-state index contributed by atoms with van der Waals surface area (Å²) in [5, 5.41) is 11.7. The van der Waals surface area contributed by atoms with Crippen LogP contribution in [0.2, 0.25) is 0 Å². The summed E-state index contributed by atoms with van der Waals surface area (Å²) in [4.78, 5) is 33.5. The number of imidazole rings is 1. The first kappa shape index (κ1) is 22.3. The Labute approximate surface area is 198 Å². The van der Waals surface area contributed by atoms with E-state index < -0.39 is 17.9 Å². The van der Waals surface area contributed by atoms with Crippen molar-refractivity contribution >= 4 is 29.0 Å². The second-order valence-corrected chi connectivity index (χ2v) is 9.54. The molecule has 2 aliphatic carbocycles. The first-order chi connectivity index (χ1) is 16.4. The Hall–Kier alpha value is -3.48. The number of aromatic nitrogens is 3. The number of nitrogens with one attached hydrogen (secondary N) is 1. The summed E-state index contributed by atoms with van der Waals surface area (Å²) in [5.74, 6) is -0.303. The zero-order valence-corrected chi connectivity index (χ0v) is 19.6. The maximum Gasteiger partial charge on any atom is 0.325 e. The van der Waals surface area contributed by atoms with Gasteiger partial charge in [-0.1, -0.05) is 31.4 Å². The van der Waals surface area contributed by atoms with E-state index in [0.29, 0.717) is 11.6 Å². The summed E-state index contributed by atoms with van der Waals surface area (Å²) in [7, 11) is 0. The van der Waals surface area contributed by atoms with Crippen molar-refractivity contribution in [3.05, 3.63) is 64.7 Å². The largest absolute Gasteiger partial charge is 0.480 e. The van der Waals surface area contributed by atoms with Crippen LogP contribution in [0.25, 0.3) is 17.1 Å². The van der Waals surface area contributed by atoms with Crippen molar-refractivity contribution in [2.75, 3.05) is 0 Å². The Morgan fingerprint density at radius 2 is 1.91 bits per heavy atom. The van der Waals surface area contributed by atoms with Gasteiger partial charge in [-0.15, -0.1) is 0 Å². The predicted molar refractivity (Wildman–Crippen MR) is 131 cm³/mol. The molecule has 2 heterocycles. The Bertz CT molecular complexity index is 1290. The zero-order valence-electron chi connectivity index (χ0n) is 19.6. The van der Waals surface area contributed by atoms with E-state index in [-0.39, 0.29) is 5.92 Å². The minimum Gasteiger partial charge on any atom is -0.480 e. The van der Waals surface area contributed by atoms with Crippen molar-refractivity contribution in [3.8, 4) is 0 Å². The lowest BCUT2D eigenvalue weighted by molar-refractivity contribution is -0.138. The molecule has 2 N–H and O–H groups in total. The van der Waals surface area contributed by atoms with Crippen LogP contribution in [-0.2, 0) is 11.2 Å². The zero-order chi connectivity index (χ0) is 23.8. The monoisotopic (exact) mass is 458 g/mol. The van der Waals surface area contributed by atoms with Gasteiger partial charge in [-0.25, -0.2) is 4.98 Å². The number of amides is 1. The number of fused-ring (bicyclic) bond motifs is 2. The normalized spacial score (nSPS) is 19.1. The number of benzene rings is 1. The fourth-order valence-corrected chi connectivity index (χ4v) is 5.20. The van der Waals surface area contributed by atoms with E-state index in [1.54, 1.807) is 12.1 Å². The fourth-order valence-electron chi connectivity index (χ4n) is 5.20. The molecule has 7 heteroatoms. The Kier molecular flexibility index (Phi) is 5.94. The SMILES string of the molecule is Cc1ccc2c(n1)C=CC(c1nc3cc(C(=O)NC(C)C(=O)O)ccc3n1C1CCCCC1)C2. The van der Waals surface area contributed by atoms with Crippen LogP contribution < -0.4 is 5.32 Å². The second-order valence-electron chi connectivity index (χ2n) is 9.54. The summed E-state index contributed by atoms with van der Waals surface area (Å²) < 4.78 is 2.40. The Morgan fingerprint density at radius 3 is 2.68 bits per heavy atom. The van der Waals surface area contributed by atoms with Gasteiger partial charge in [0.15, 0.2) is 0 Å². The van der Waals surface area contributed by atoms with Crippen LogP contribution in [0.5, 0.6) is 0 Å². The summed E-state index contributed by atoms with van der Waals surface area (Å²) in [6.45, 7) is 3.46. The van der Waals surface area contributed by atoms with Crippen LogP contribution in [0.1, 0.15) is 84.1 Å². The highest BCUT2D eigenvalue weighted by molar-refractivity contribution is 5.99. The van der Waals surface area contributed by atoms with Gasteiger partial charge in [-0.2, -0.15) is 0 Å². The van der Waals surface area contributed by atoms with Crippen molar-refractivity contribution in [2.24, 2.45) is 0 Å². The van der Waals surface area contributed by atoms with E-state index in [4.69, 9.17) is 10.1 Å². The highest BCUT2D eigenvalue weighted by Crippen LogP contribution is 2.37. The predicted octanol–water partition coefficient (Wildman–Crippen LogP) is 4.80. The van der Waals surface area contributed by atoms with Gasteiger partial charge in [0.05, 0.1) is 16.7 Å². The molecule has 7 nitrogen and oxygen atoms in total. The number of carbonyl (C=O) groups excluding carboxylic acids is 1. The van der Waals surface area contributed by atoms with Gasteiger partial charge in [0.1, 0.15) is 11.9 Å². The van der Waals surface area contributed by atoms with Crippen molar-refractivity contribution < 1.29 is 14.7 Å². The smallest absolute Gasteiger partial charge is 0.325 e. The molecule has 1 fully saturated rings. The highest BCUT2D eigenvalue weighted by atomic mass is 16.4. The molecule has 0 bridgehead atoms. The number of rotatable bonds is 5. The van der Waals surface area contributed by atoms with Crippen molar-refractivity contribution in [1.82, 2.24) is 19.9 Å². The van der Waals surface area contributed by atoms with Gasteiger partial charge in [-0.05, 0) is 69.0 Å². The standard InChI is InChI=1S/C27H30N4O3/c1-16-8-9-18-14-19(10-12-22(18)28-16)25-30-23-15-20(26(32)29-17(2)27(33)34)11-13-24(23)31(25)21-6-4-3-5-7-21/h8-13,15,17,19,21H,3-7,14H2,1-2H3,(H,29,32)(H,33,34). The average molecular weight is 459 g/mol. The lowest BCUT2D eigenvalue weighted by atomic mass is 9.90. The van der Waals surface area contributed by atoms with Crippen molar-refractivity contribution in [3.63, 3.8) is 0 Å². The Morgan fingerprint density at radius 1 is 1.12 bits per heavy atom. The van der Waals surface area contributed by atoms with Crippen LogP contribution in [0.15, 0.2) is 36.4 Å². The second kappa shape index (κ2) is 9.05. The molecule has 2 atom stereocenters. The van der Waals surface area contributed by atoms with Crippen LogP contribution in [-0.4, -0.2) is 37.6 Å². The quantitative estimate of drug-likeness (QED) is 0.572. The molecule has 1 aromatic carbocycles. The minimum absolute atomic E-state index is 0.135. The molecule has 0 saturated heterocycles. The van der Waals surface area contributed by atoms with Crippen LogP contribution >= 0.6 is 0 Å². The number of carbonyl (C=O) groups is 2. The molecular formula is C27H30N4O3. The van der Waals surface area contributed by atoms with E-state index in [1.807, 2.05) is 13.0 Å². The molecule has 2 unspecified atom stereocenters. The summed E-state index contributed by atoms with van der Waals surface area (Å²) in [5.41, 5.74) is 5.50. The maximum absolute atomic E-state index is 12.6. The van der Waals surface area contributed by atoms with Gasteiger partial charge < -0.3 is 15.0 Å². The lowest BCUT2D eigenvalue weighted by Gasteiger charge is -2.28. The number of hydrogen-bond acceptors (Lipinski definition) is 4. The van der Waals surface area contributed by atoms with Gasteiger partial charge in [0.25, 0.3) is 5.91 Å². The van der Waals surface area contributed by atoms with E-state index in [2.05, 4.69) is 39.2 Å². The Balaban J connectivity index is 1.54. The fraction of sp³-hybridized carbons (Fsp3) is 0.407. The summed E-state index contributed by atoms with van der Waals surface area (Å²) >= 11 is 0. The third-order valence-corrected chi connectivity index (χ3v) is 7.05. The highest BCUT2D eigenvalue weighted by Gasteiger charge is 2.28. The molecule has 1 saturated carbocycles. The molecule has 1 amide bonds. The van der Waals surface area contributed by atoms with Crippen LogP contribution in [0.4, 0.5) is 0 Å². The van der Waals surface area contributed by atoms with E-state index in [1.165, 1.54) is 31.7 Å². The molecule has 5 rings (SSSR count). The minimum atomic E-state index is -1.06. The molecule has 2 aromatic heterocycles. The molecule has 34 heavy (non-hydrogen) atoms. The van der Waals surface area contributed by atoms with Crippen molar-refractivity contribution in [2.45, 2.75) is 70.4 Å².